The molecule has 0 radical (unpaired) electrons. The smallest absolute Gasteiger partial charge is 0.229 e. The Bertz CT molecular complexity index is 647. The van der Waals surface area contributed by atoms with Gasteiger partial charge in [0.05, 0.1) is 12.2 Å². The van der Waals surface area contributed by atoms with E-state index in [0.717, 1.165) is 55.1 Å². The topological polar surface area (TPSA) is 62.3 Å². The molecular weight excluding hydrogens is 334 g/mol. The van der Waals surface area contributed by atoms with Gasteiger partial charge in [-0.3, -0.25) is 9.59 Å². The van der Waals surface area contributed by atoms with E-state index in [1.807, 2.05) is 4.90 Å². The fourth-order valence-electron chi connectivity index (χ4n) is 4.12. The van der Waals surface area contributed by atoms with Crippen molar-refractivity contribution in [3.8, 4) is 0 Å². The molecular formula is C19H27N3O2S. The highest BCUT2D eigenvalue weighted by molar-refractivity contribution is 7.15. The minimum Gasteiger partial charge on any atom is -0.337 e. The van der Waals surface area contributed by atoms with E-state index in [0.29, 0.717) is 18.1 Å². The van der Waals surface area contributed by atoms with Crippen molar-refractivity contribution in [3.05, 3.63) is 10.6 Å². The standard InChI is InChI=1S/C19H27N3O2S/c23-17(9-8-13-4-1-2-5-13)22-11-10-15-16(12-22)25-19(20-15)21-18(24)14-6-3-7-14/h13-14H,1-12H2,(H,20,21,24). The molecule has 4 rings (SSSR count). The van der Waals surface area contributed by atoms with Gasteiger partial charge in [0.15, 0.2) is 5.13 Å². The van der Waals surface area contributed by atoms with Crippen molar-refractivity contribution in [2.45, 2.75) is 70.8 Å². The number of nitrogens with one attached hydrogen (secondary N) is 1. The van der Waals surface area contributed by atoms with Gasteiger partial charge in [-0.05, 0) is 25.2 Å². The quantitative estimate of drug-likeness (QED) is 0.869. The van der Waals surface area contributed by atoms with Crippen LogP contribution in [0.5, 0.6) is 0 Å². The zero-order chi connectivity index (χ0) is 17.2. The Balaban J connectivity index is 1.31. The number of rotatable bonds is 5. The molecule has 1 aromatic heterocycles. The summed E-state index contributed by atoms with van der Waals surface area (Å²) >= 11 is 1.54. The van der Waals surface area contributed by atoms with Crippen molar-refractivity contribution >= 4 is 28.3 Å². The number of hydrogen-bond acceptors (Lipinski definition) is 4. The third-order valence-electron chi connectivity index (χ3n) is 6.03. The summed E-state index contributed by atoms with van der Waals surface area (Å²) in [6.07, 6.45) is 11.0. The van der Waals surface area contributed by atoms with Gasteiger partial charge in [0.2, 0.25) is 11.8 Å². The van der Waals surface area contributed by atoms with Gasteiger partial charge in [0, 0.05) is 30.2 Å². The molecule has 5 nitrogen and oxygen atoms in total. The minimum atomic E-state index is 0.113. The number of fused-ring (bicyclic) bond motifs is 1. The van der Waals surface area contributed by atoms with Crippen LogP contribution in [-0.2, 0) is 22.6 Å². The van der Waals surface area contributed by atoms with Gasteiger partial charge in [-0.25, -0.2) is 4.98 Å². The van der Waals surface area contributed by atoms with Crippen molar-refractivity contribution < 1.29 is 9.59 Å². The van der Waals surface area contributed by atoms with Crippen LogP contribution in [0.1, 0.15) is 68.4 Å². The summed E-state index contributed by atoms with van der Waals surface area (Å²) in [5.74, 6) is 1.34. The number of amides is 2. The maximum Gasteiger partial charge on any atom is 0.229 e. The van der Waals surface area contributed by atoms with Gasteiger partial charge in [-0.1, -0.05) is 43.4 Å². The molecule has 136 valence electrons. The Morgan fingerprint density at radius 1 is 1.16 bits per heavy atom. The molecule has 2 saturated carbocycles. The highest BCUT2D eigenvalue weighted by Crippen LogP contribution is 2.32. The van der Waals surface area contributed by atoms with Crippen molar-refractivity contribution in [2.24, 2.45) is 11.8 Å². The Hall–Kier alpha value is -1.43. The monoisotopic (exact) mass is 361 g/mol. The van der Waals surface area contributed by atoms with Crippen LogP contribution in [0.4, 0.5) is 5.13 Å². The van der Waals surface area contributed by atoms with E-state index in [1.54, 1.807) is 11.3 Å². The van der Waals surface area contributed by atoms with Crippen LogP contribution >= 0.6 is 11.3 Å². The Morgan fingerprint density at radius 2 is 1.96 bits per heavy atom. The van der Waals surface area contributed by atoms with E-state index < -0.39 is 0 Å². The maximum atomic E-state index is 12.5. The van der Waals surface area contributed by atoms with Crippen LogP contribution in [0.25, 0.3) is 0 Å². The first kappa shape index (κ1) is 17.0. The second-order valence-corrected chi connectivity index (χ2v) is 8.84. The number of anilines is 1. The second-order valence-electron chi connectivity index (χ2n) is 7.76. The van der Waals surface area contributed by atoms with E-state index in [4.69, 9.17) is 0 Å². The summed E-state index contributed by atoms with van der Waals surface area (Å²) in [7, 11) is 0. The molecule has 2 aliphatic carbocycles. The summed E-state index contributed by atoms with van der Waals surface area (Å²) in [5.41, 5.74) is 1.06. The summed E-state index contributed by atoms with van der Waals surface area (Å²) < 4.78 is 0. The lowest BCUT2D eigenvalue weighted by Crippen LogP contribution is -2.35. The maximum absolute atomic E-state index is 12.5. The van der Waals surface area contributed by atoms with Crippen LogP contribution in [0.3, 0.4) is 0 Å². The lowest BCUT2D eigenvalue weighted by Gasteiger charge is -2.26. The molecule has 2 heterocycles. The van der Waals surface area contributed by atoms with Gasteiger partial charge in [0.1, 0.15) is 0 Å². The van der Waals surface area contributed by atoms with Crippen molar-refractivity contribution in [2.75, 3.05) is 11.9 Å². The Kier molecular flexibility index (Phi) is 5.06. The molecule has 0 bridgehead atoms. The number of nitrogens with zero attached hydrogens (tertiary/aromatic N) is 2. The van der Waals surface area contributed by atoms with Gasteiger partial charge >= 0.3 is 0 Å². The van der Waals surface area contributed by atoms with E-state index in [9.17, 15) is 9.59 Å². The zero-order valence-corrected chi connectivity index (χ0v) is 15.6. The van der Waals surface area contributed by atoms with Crippen LogP contribution in [-0.4, -0.2) is 28.2 Å². The number of carbonyl (C=O) groups excluding carboxylic acids is 2. The van der Waals surface area contributed by atoms with Crippen LogP contribution < -0.4 is 5.32 Å². The Morgan fingerprint density at radius 3 is 2.68 bits per heavy atom. The summed E-state index contributed by atoms with van der Waals surface area (Å²) in [6.45, 7) is 1.42. The number of hydrogen-bond donors (Lipinski definition) is 1. The van der Waals surface area contributed by atoms with Crippen molar-refractivity contribution in [1.29, 1.82) is 0 Å². The van der Waals surface area contributed by atoms with Crippen molar-refractivity contribution in [1.82, 2.24) is 9.88 Å². The largest absolute Gasteiger partial charge is 0.337 e. The molecule has 1 N–H and O–H groups in total. The Labute approximate surface area is 153 Å². The molecule has 6 heteroatoms. The molecule has 1 aliphatic heterocycles. The molecule has 0 aromatic carbocycles. The summed E-state index contributed by atoms with van der Waals surface area (Å²) in [4.78, 5) is 32.3. The zero-order valence-electron chi connectivity index (χ0n) is 14.8. The SMILES string of the molecule is O=C(Nc1nc2c(s1)CN(C(=O)CCC1CCCC1)CC2)C1CCC1. The highest BCUT2D eigenvalue weighted by Gasteiger charge is 2.28. The molecule has 0 saturated heterocycles. The molecule has 0 unspecified atom stereocenters. The van der Waals surface area contributed by atoms with Gasteiger partial charge < -0.3 is 10.2 Å². The third kappa shape index (κ3) is 3.89. The number of carbonyl (C=O) groups is 2. The first-order chi connectivity index (χ1) is 12.2. The highest BCUT2D eigenvalue weighted by atomic mass is 32.1. The average molecular weight is 362 g/mol. The lowest BCUT2D eigenvalue weighted by molar-refractivity contribution is -0.132. The van der Waals surface area contributed by atoms with E-state index in [-0.39, 0.29) is 17.7 Å². The first-order valence-electron chi connectivity index (χ1n) is 9.76. The summed E-state index contributed by atoms with van der Waals surface area (Å²) in [5, 5.41) is 3.68. The predicted molar refractivity (Wildman–Crippen MR) is 98.4 cm³/mol. The first-order valence-corrected chi connectivity index (χ1v) is 10.6. The normalized spacial score (nSPS) is 21.0. The fraction of sp³-hybridized carbons (Fsp3) is 0.737. The van der Waals surface area contributed by atoms with E-state index >= 15 is 0 Å². The van der Waals surface area contributed by atoms with E-state index in [2.05, 4.69) is 10.3 Å². The average Bonchev–Trinajstić information content (AvgIpc) is 3.18. The van der Waals surface area contributed by atoms with Gasteiger partial charge in [0.25, 0.3) is 0 Å². The predicted octanol–water partition coefficient (Wildman–Crippen LogP) is 3.74. The van der Waals surface area contributed by atoms with Crippen molar-refractivity contribution in [3.63, 3.8) is 0 Å². The van der Waals surface area contributed by atoms with Gasteiger partial charge in [-0.15, -0.1) is 0 Å². The molecule has 0 atom stereocenters. The minimum absolute atomic E-state index is 0.113. The second kappa shape index (κ2) is 7.44. The number of aromatic nitrogens is 1. The van der Waals surface area contributed by atoms with Crippen LogP contribution in [0.2, 0.25) is 0 Å². The van der Waals surface area contributed by atoms with Crippen LogP contribution in [0, 0.1) is 11.8 Å². The number of thiazole rings is 1. The van der Waals surface area contributed by atoms with Gasteiger partial charge in [-0.2, -0.15) is 0 Å². The molecule has 2 fully saturated rings. The lowest BCUT2D eigenvalue weighted by atomic mass is 9.85. The molecule has 1 aromatic rings. The fourth-order valence-corrected chi connectivity index (χ4v) is 5.15. The third-order valence-corrected chi connectivity index (χ3v) is 7.03. The molecule has 0 spiro atoms. The molecule has 2 amide bonds. The van der Waals surface area contributed by atoms with E-state index in [1.165, 1.54) is 25.7 Å². The summed E-state index contributed by atoms with van der Waals surface area (Å²) in [6, 6.07) is 0. The van der Waals surface area contributed by atoms with Crippen LogP contribution in [0.15, 0.2) is 0 Å². The molecule has 3 aliphatic rings. The molecule has 25 heavy (non-hydrogen) atoms.